The molecular weight excluding hydrogens is 180 g/mol. The van der Waals surface area contributed by atoms with Crippen LogP contribution in [0.4, 0.5) is 0 Å². The van der Waals surface area contributed by atoms with Crippen LogP contribution in [-0.4, -0.2) is 51.2 Å². The lowest BCUT2D eigenvalue weighted by molar-refractivity contribution is -0.124. The molecule has 1 aliphatic rings. The number of methoxy groups -OCH3 is 1. The molecule has 0 radical (unpaired) electrons. The van der Waals surface area contributed by atoms with Gasteiger partial charge >= 0.3 is 0 Å². The highest BCUT2D eigenvalue weighted by molar-refractivity contribution is 5.77. The van der Waals surface area contributed by atoms with Gasteiger partial charge in [-0.2, -0.15) is 0 Å². The third-order valence-corrected chi connectivity index (χ3v) is 2.70. The van der Waals surface area contributed by atoms with Gasteiger partial charge in [0, 0.05) is 13.7 Å². The van der Waals surface area contributed by atoms with E-state index in [1.165, 1.54) is 20.0 Å². The fourth-order valence-electron chi connectivity index (χ4n) is 1.71. The van der Waals surface area contributed by atoms with Crippen LogP contribution in [0.1, 0.15) is 12.8 Å². The molecule has 4 heteroatoms. The van der Waals surface area contributed by atoms with Gasteiger partial charge in [0.05, 0.1) is 0 Å². The number of hydrogen-bond acceptors (Lipinski definition) is 3. The van der Waals surface area contributed by atoms with Crippen molar-refractivity contribution < 1.29 is 9.53 Å². The van der Waals surface area contributed by atoms with Crippen molar-refractivity contribution in [3.63, 3.8) is 0 Å². The van der Waals surface area contributed by atoms with Crippen molar-refractivity contribution in [2.75, 3.05) is 40.4 Å². The molecule has 14 heavy (non-hydrogen) atoms. The first-order chi connectivity index (χ1) is 6.72. The molecule has 4 nitrogen and oxygen atoms in total. The largest absolute Gasteiger partial charge is 0.375 e. The fraction of sp³-hybridized carbons (Fsp3) is 0.900. The first kappa shape index (κ1) is 11.5. The molecule has 0 aliphatic carbocycles. The lowest BCUT2D eigenvalue weighted by Gasteiger charge is -2.28. The number of rotatable bonds is 4. The second-order valence-corrected chi connectivity index (χ2v) is 3.98. The van der Waals surface area contributed by atoms with Crippen molar-refractivity contribution in [3.8, 4) is 0 Å². The first-order valence-electron chi connectivity index (χ1n) is 5.16. The molecule has 1 fully saturated rings. The van der Waals surface area contributed by atoms with Crippen LogP contribution in [0.5, 0.6) is 0 Å². The summed E-state index contributed by atoms with van der Waals surface area (Å²) < 4.78 is 4.74. The Morgan fingerprint density at radius 2 is 2.14 bits per heavy atom. The third kappa shape index (κ3) is 4.07. The van der Waals surface area contributed by atoms with Gasteiger partial charge in [0.1, 0.15) is 6.61 Å². The number of carbonyl (C=O) groups is 1. The molecule has 0 aromatic heterocycles. The Labute approximate surface area is 85.6 Å². The lowest BCUT2D eigenvalue weighted by Crippen LogP contribution is -2.37. The van der Waals surface area contributed by atoms with Crippen LogP contribution >= 0.6 is 0 Å². The van der Waals surface area contributed by atoms with E-state index in [0.717, 1.165) is 19.6 Å². The summed E-state index contributed by atoms with van der Waals surface area (Å²) in [6.45, 7) is 3.26. The third-order valence-electron chi connectivity index (χ3n) is 2.70. The van der Waals surface area contributed by atoms with Crippen molar-refractivity contribution in [1.82, 2.24) is 10.2 Å². The summed E-state index contributed by atoms with van der Waals surface area (Å²) in [6.07, 6.45) is 2.37. The monoisotopic (exact) mass is 200 g/mol. The van der Waals surface area contributed by atoms with Crippen LogP contribution in [0.25, 0.3) is 0 Å². The molecule has 0 saturated carbocycles. The van der Waals surface area contributed by atoms with E-state index in [4.69, 9.17) is 4.74 Å². The maximum atomic E-state index is 11.1. The van der Waals surface area contributed by atoms with E-state index in [2.05, 4.69) is 17.3 Å². The first-order valence-corrected chi connectivity index (χ1v) is 5.16. The molecule has 0 atom stereocenters. The Hall–Kier alpha value is -0.610. The van der Waals surface area contributed by atoms with E-state index in [0.29, 0.717) is 5.92 Å². The number of nitrogens with zero attached hydrogens (tertiary/aromatic N) is 1. The number of piperidine rings is 1. The summed E-state index contributed by atoms with van der Waals surface area (Å²) in [5, 5.41) is 2.89. The van der Waals surface area contributed by atoms with E-state index in [1.807, 2.05) is 0 Å². The van der Waals surface area contributed by atoms with Crippen LogP contribution in [0.3, 0.4) is 0 Å². The standard InChI is InChI=1S/C10H20N2O2/c1-12-5-3-9(4-6-12)7-11-10(13)8-14-2/h9H,3-8H2,1-2H3,(H,11,13). The molecule has 1 rings (SSSR count). The number of hydrogen-bond donors (Lipinski definition) is 1. The van der Waals surface area contributed by atoms with Crippen LogP contribution in [0.2, 0.25) is 0 Å². The minimum absolute atomic E-state index is 0.00794. The molecule has 1 N–H and O–H groups in total. The Balaban J connectivity index is 2.09. The number of amides is 1. The lowest BCUT2D eigenvalue weighted by atomic mass is 9.97. The molecule has 0 spiro atoms. The number of likely N-dealkylation sites (tertiary alicyclic amines) is 1. The van der Waals surface area contributed by atoms with Crippen LogP contribution in [0, 0.1) is 5.92 Å². The highest BCUT2D eigenvalue weighted by atomic mass is 16.5. The second kappa shape index (κ2) is 5.98. The van der Waals surface area contributed by atoms with E-state index >= 15 is 0 Å². The summed E-state index contributed by atoms with van der Waals surface area (Å²) >= 11 is 0. The second-order valence-electron chi connectivity index (χ2n) is 3.98. The fourth-order valence-corrected chi connectivity index (χ4v) is 1.71. The predicted octanol–water partition coefficient (Wildman–Crippen LogP) is 0.0908. The Morgan fingerprint density at radius 3 is 2.71 bits per heavy atom. The van der Waals surface area contributed by atoms with E-state index in [-0.39, 0.29) is 12.5 Å². The minimum Gasteiger partial charge on any atom is -0.375 e. The van der Waals surface area contributed by atoms with Gasteiger partial charge in [0.2, 0.25) is 5.91 Å². The van der Waals surface area contributed by atoms with Gasteiger partial charge in [-0.1, -0.05) is 0 Å². The highest BCUT2D eigenvalue weighted by Crippen LogP contribution is 2.14. The Bertz CT molecular complexity index is 177. The van der Waals surface area contributed by atoms with E-state index in [1.54, 1.807) is 0 Å². The van der Waals surface area contributed by atoms with Gasteiger partial charge in [0.25, 0.3) is 0 Å². The van der Waals surface area contributed by atoms with Crippen molar-refractivity contribution in [1.29, 1.82) is 0 Å². The quantitative estimate of drug-likeness (QED) is 0.699. The molecule has 1 heterocycles. The maximum absolute atomic E-state index is 11.1. The van der Waals surface area contributed by atoms with Gasteiger partial charge in [-0.3, -0.25) is 4.79 Å². The maximum Gasteiger partial charge on any atom is 0.245 e. The molecule has 0 aromatic rings. The molecule has 82 valence electrons. The van der Waals surface area contributed by atoms with Crippen LogP contribution < -0.4 is 5.32 Å². The summed E-state index contributed by atoms with van der Waals surface area (Å²) in [5.41, 5.74) is 0. The SMILES string of the molecule is COCC(=O)NCC1CCN(C)CC1. The van der Waals surface area contributed by atoms with E-state index in [9.17, 15) is 4.79 Å². The normalized spacial score (nSPS) is 19.6. The topological polar surface area (TPSA) is 41.6 Å². The average Bonchev–Trinajstić information content (AvgIpc) is 2.17. The molecule has 1 aliphatic heterocycles. The molecular formula is C10H20N2O2. The van der Waals surface area contributed by atoms with Crippen molar-refractivity contribution >= 4 is 5.91 Å². The van der Waals surface area contributed by atoms with Gasteiger partial charge in [-0.15, -0.1) is 0 Å². The van der Waals surface area contributed by atoms with Gasteiger partial charge in [0.15, 0.2) is 0 Å². The van der Waals surface area contributed by atoms with Gasteiger partial charge in [-0.25, -0.2) is 0 Å². The summed E-state index contributed by atoms with van der Waals surface area (Å²) in [7, 11) is 3.68. The molecule has 0 unspecified atom stereocenters. The Kier molecular flexibility index (Phi) is 4.90. The van der Waals surface area contributed by atoms with Gasteiger partial charge in [-0.05, 0) is 38.9 Å². The number of ether oxygens (including phenoxy) is 1. The zero-order chi connectivity index (χ0) is 10.4. The summed E-state index contributed by atoms with van der Waals surface area (Å²) in [5.74, 6) is 0.637. The predicted molar refractivity (Wildman–Crippen MR) is 55.1 cm³/mol. The van der Waals surface area contributed by atoms with Crippen LogP contribution in [-0.2, 0) is 9.53 Å². The highest BCUT2D eigenvalue weighted by Gasteiger charge is 2.16. The number of carbonyl (C=O) groups excluding carboxylic acids is 1. The Morgan fingerprint density at radius 1 is 1.50 bits per heavy atom. The summed E-state index contributed by atoms with van der Waals surface area (Å²) in [4.78, 5) is 13.4. The average molecular weight is 200 g/mol. The summed E-state index contributed by atoms with van der Waals surface area (Å²) in [6, 6.07) is 0. The minimum atomic E-state index is -0.00794. The van der Waals surface area contributed by atoms with Crippen molar-refractivity contribution in [2.24, 2.45) is 5.92 Å². The van der Waals surface area contributed by atoms with Crippen molar-refractivity contribution in [3.05, 3.63) is 0 Å². The smallest absolute Gasteiger partial charge is 0.245 e. The van der Waals surface area contributed by atoms with Crippen LogP contribution in [0.15, 0.2) is 0 Å². The zero-order valence-corrected chi connectivity index (χ0v) is 9.08. The van der Waals surface area contributed by atoms with Gasteiger partial charge < -0.3 is 15.0 Å². The molecule has 1 saturated heterocycles. The number of nitrogens with one attached hydrogen (secondary N) is 1. The molecule has 1 amide bonds. The van der Waals surface area contributed by atoms with E-state index < -0.39 is 0 Å². The zero-order valence-electron chi connectivity index (χ0n) is 9.08. The van der Waals surface area contributed by atoms with Crippen molar-refractivity contribution in [2.45, 2.75) is 12.8 Å². The molecule has 0 bridgehead atoms. The molecule has 0 aromatic carbocycles.